The molecule has 1 aliphatic heterocycles. The second-order valence-corrected chi connectivity index (χ2v) is 6.35. The van der Waals surface area contributed by atoms with E-state index >= 15 is 0 Å². The van der Waals surface area contributed by atoms with Gasteiger partial charge in [-0.2, -0.15) is 5.10 Å². The zero-order valence-electron chi connectivity index (χ0n) is 14.4. The molecule has 1 aliphatic rings. The van der Waals surface area contributed by atoms with Crippen LogP contribution in [0.3, 0.4) is 0 Å². The number of carbonyl (C=O) groups is 1. The van der Waals surface area contributed by atoms with Crippen molar-refractivity contribution in [1.82, 2.24) is 14.7 Å². The van der Waals surface area contributed by atoms with Gasteiger partial charge < -0.3 is 9.64 Å². The van der Waals surface area contributed by atoms with E-state index in [2.05, 4.69) is 11.2 Å². The molecule has 1 amide bonds. The van der Waals surface area contributed by atoms with Crippen LogP contribution in [0.25, 0.3) is 0 Å². The van der Waals surface area contributed by atoms with Crippen LogP contribution >= 0.6 is 0 Å². The molecule has 0 bridgehead atoms. The fourth-order valence-corrected chi connectivity index (χ4v) is 3.37. The molecule has 24 heavy (non-hydrogen) atoms. The van der Waals surface area contributed by atoms with Crippen LogP contribution in [0.4, 0.5) is 0 Å². The third kappa shape index (κ3) is 3.78. The van der Waals surface area contributed by atoms with Crippen LogP contribution < -0.4 is 4.74 Å². The third-order valence-electron chi connectivity index (χ3n) is 4.63. The van der Waals surface area contributed by atoms with Gasteiger partial charge in [0.25, 0.3) is 0 Å². The van der Waals surface area contributed by atoms with Crippen molar-refractivity contribution in [3.8, 4) is 5.75 Å². The lowest BCUT2D eigenvalue weighted by molar-refractivity contribution is -0.135. The summed E-state index contributed by atoms with van der Waals surface area (Å²) in [6.45, 7) is 3.43. The van der Waals surface area contributed by atoms with Crippen molar-refractivity contribution in [2.45, 2.75) is 45.2 Å². The number of hydrogen-bond donors (Lipinski definition) is 0. The average Bonchev–Trinajstić information content (AvgIpc) is 3.05. The van der Waals surface area contributed by atoms with Gasteiger partial charge in [-0.3, -0.25) is 9.48 Å². The molecular formula is C19H25N3O2. The fourth-order valence-electron chi connectivity index (χ4n) is 3.37. The highest BCUT2D eigenvalue weighted by molar-refractivity contribution is 5.76. The lowest BCUT2D eigenvalue weighted by Gasteiger charge is -2.36. The number of aryl methyl sites for hydroxylation is 2. The van der Waals surface area contributed by atoms with Crippen molar-refractivity contribution < 1.29 is 9.53 Å². The maximum atomic E-state index is 12.8. The lowest BCUT2D eigenvalue weighted by Crippen LogP contribution is -2.38. The first kappa shape index (κ1) is 16.6. The number of likely N-dealkylation sites (tertiary alicyclic amines) is 1. The van der Waals surface area contributed by atoms with Gasteiger partial charge in [-0.15, -0.1) is 0 Å². The summed E-state index contributed by atoms with van der Waals surface area (Å²) < 4.78 is 7.18. The molecule has 0 saturated carbocycles. The van der Waals surface area contributed by atoms with E-state index in [1.54, 1.807) is 7.11 Å². The highest BCUT2D eigenvalue weighted by atomic mass is 16.5. The first-order valence-electron chi connectivity index (χ1n) is 8.61. The van der Waals surface area contributed by atoms with Gasteiger partial charge >= 0.3 is 0 Å². The summed E-state index contributed by atoms with van der Waals surface area (Å²) >= 11 is 0. The number of methoxy groups -OCH3 is 1. The Kier molecular flexibility index (Phi) is 5.18. The molecule has 1 fully saturated rings. The number of nitrogens with zero attached hydrogens (tertiary/aromatic N) is 3. The van der Waals surface area contributed by atoms with E-state index in [1.165, 1.54) is 0 Å². The summed E-state index contributed by atoms with van der Waals surface area (Å²) in [5.41, 5.74) is 2.15. The van der Waals surface area contributed by atoms with Gasteiger partial charge in [-0.1, -0.05) is 12.1 Å². The molecule has 3 rings (SSSR count). The highest BCUT2D eigenvalue weighted by Gasteiger charge is 2.27. The summed E-state index contributed by atoms with van der Waals surface area (Å²) in [6, 6.07) is 10.2. The standard InChI is InChI=1S/C19H25N3O2/c1-15-9-12-21(20-15)13-10-19(23)22-11-4-3-8-18(22)16-6-5-7-17(14-16)24-2/h5-7,9,12,14,18H,3-4,8,10-11,13H2,1-2H3/t18-/m1/s1. The Balaban J connectivity index is 1.70. The zero-order chi connectivity index (χ0) is 16.9. The zero-order valence-corrected chi connectivity index (χ0v) is 14.4. The molecule has 128 valence electrons. The van der Waals surface area contributed by atoms with Crippen molar-refractivity contribution >= 4 is 5.91 Å². The molecule has 0 radical (unpaired) electrons. The van der Waals surface area contributed by atoms with Crippen molar-refractivity contribution in [2.24, 2.45) is 0 Å². The summed E-state index contributed by atoms with van der Waals surface area (Å²) in [4.78, 5) is 14.8. The largest absolute Gasteiger partial charge is 0.497 e. The van der Waals surface area contributed by atoms with Gasteiger partial charge in [-0.05, 0) is 49.9 Å². The molecule has 0 aliphatic carbocycles. The Hall–Kier alpha value is -2.30. The predicted molar refractivity (Wildman–Crippen MR) is 92.9 cm³/mol. The minimum atomic E-state index is 0.153. The number of rotatable bonds is 5. The number of ether oxygens (including phenoxy) is 1. The van der Waals surface area contributed by atoms with Crippen molar-refractivity contribution in [3.05, 3.63) is 47.8 Å². The van der Waals surface area contributed by atoms with Crippen LogP contribution in [-0.2, 0) is 11.3 Å². The Morgan fingerprint density at radius 3 is 2.96 bits per heavy atom. The van der Waals surface area contributed by atoms with Crippen molar-refractivity contribution in [3.63, 3.8) is 0 Å². The molecule has 0 N–H and O–H groups in total. The van der Waals surface area contributed by atoms with Crippen LogP contribution in [0.2, 0.25) is 0 Å². The van der Waals surface area contributed by atoms with E-state index in [0.29, 0.717) is 13.0 Å². The summed E-state index contributed by atoms with van der Waals surface area (Å²) in [7, 11) is 1.68. The number of hydrogen-bond acceptors (Lipinski definition) is 3. The maximum absolute atomic E-state index is 12.8. The minimum Gasteiger partial charge on any atom is -0.497 e. The number of benzene rings is 1. The van der Waals surface area contributed by atoms with Crippen LogP contribution in [0, 0.1) is 6.92 Å². The van der Waals surface area contributed by atoms with E-state index in [0.717, 1.165) is 42.8 Å². The highest BCUT2D eigenvalue weighted by Crippen LogP contribution is 2.32. The molecule has 1 saturated heterocycles. The first-order chi connectivity index (χ1) is 11.7. The average molecular weight is 327 g/mol. The van der Waals surface area contributed by atoms with E-state index in [9.17, 15) is 4.79 Å². The normalized spacial score (nSPS) is 17.8. The van der Waals surface area contributed by atoms with Crippen LogP contribution in [-0.4, -0.2) is 34.2 Å². The number of amides is 1. The second kappa shape index (κ2) is 7.51. The van der Waals surface area contributed by atoms with E-state index in [-0.39, 0.29) is 11.9 Å². The Bertz CT molecular complexity index is 695. The van der Waals surface area contributed by atoms with Gasteiger partial charge in [0, 0.05) is 25.7 Å². The summed E-state index contributed by atoms with van der Waals surface area (Å²) in [6.07, 6.45) is 5.66. The van der Waals surface area contributed by atoms with Gasteiger partial charge in [0.2, 0.25) is 5.91 Å². The first-order valence-corrected chi connectivity index (χ1v) is 8.61. The Morgan fingerprint density at radius 1 is 1.33 bits per heavy atom. The van der Waals surface area contributed by atoms with E-state index < -0.39 is 0 Å². The summed E-state index contributed by atoms with van der Waals surface area (Å²) in [5.74, 6) is 1.05. The third-order valence-corrected chi connectivity index (χ3v) is 4.63. The number of piperidine rings is 1. The molecule has 1 atom stereocenters. The quantitative estimate of drug-likeness (QED) is 0.846. The Labute approximate surface area is 143 Å². The maximum Gasteiger partial charge on any atom is 0.224 e. The lowest BCUT2D eigenvalue weighted by atomic mass is 9.94. The molecule has 5 heteroatoms. The van der Waals surface area contributed by atoms with E-state index in [1.807, 2.05) is 47.0 Å². The van der Waals surface area contributed by atoms with Crippen LogP contribution in [0.5, 0.6) is 5.75 Å². The second-order valence-electron chi connectivity index (χ2n) is 6.35. The molecule has 0 spiro atoms. The molecular weight excluding hydrogens is 302 g/mol. The van der Waals surface area contributed by atoms with Gasteiger partial charge in [0.15, 0.2) is 0 Å². The summed E-state index contributed by atoms with van der Waals surface area (Å²) in [5, 5.41) is 4.36. The van der Waals surface area contributed by atoms with Crippen LogP contribution in [0.1, 0.15) is 43.0 Å². The molecule has 1 aromatic heterocycles. The van der Waals surface area contributed by atoms with Crippen LogP contribution in [0.15, 0.2) is 36.5 Å². The van der Waals surface area contributed by atoms with E-state index in [4.69, 9.17) is 4.74 Å². The van der Waals surface area contributed by atoms with Crippen molar-refractivity contribution in [1.29, 1.82) is 0 Å². The predicted octanol–water partition coefficient (Wildman–Crippen LogP) is 3.34. The SMILES string of the molecule is COc1cccc([C@H]2CCCCN2C(=O)CCn2ccc(C)n2)c1. The van der Waals surface area contributed by atoms with Gasteiger partial charge in [-0.25, -0.2) is 0 Å². The topological polar surface area (TPSA) is 47.4 Å². The number of aromatic nitrogens is 2. The molecule has 5 nitrogen and oxygen atoms in total. The minimum absolute atomic E-state index is 0.153. The molecule has 0 unspecified atom stereocenters. The van der Waals surface area contributed by atoms with Gasteiger partial charge in [0.05, 0.1) is 18.8 Å². The monoisotopic (exact) mass is 327 g/mol. The Morgan fingerprint density at radius 2 is 2.21 bits per heavy atom. The number of carbonyl (C=O) groups excluding carboxylic acids is 1. The van der Waals surface area contributed by atoms with Gasteiger partial charge in [0.1, 0.15) is 5.75 Å². The molecule has 2 aromatic rings. The molecule has 1 aromatic carbocycles. The smallest absolute Gasteiger partial charge is 0.224 e. The molecule has 2 heterocycles. The fraction of sp³-hybridized carbons (Fsp3) is 0.474. The van der Waals surface area contributed by atoms with Crippen molar-refractivity contribution in [2.75, 3.05) is 13.7 Å².